The van der Waals surface area contributed by atoms with Crippen LogP contribution in [-0.4, -0.2) is 18.0 Å². The largest absolute Gasteiger partial charge is 0.322 e. The van der Waals surface area contributed by atoms with Crippen LogP contribution in [0.25, 0.3) is 0 Å². The van der Waals surface area contributed by atoms with E-state index in [1.807, 2.05) is 0 Å². The number of benzene rings is 1. The molecule has 19 heavy (non-hydrogen) atoms. The number of nitrogens with one attached hydrogen (secondary N) is 2. The maximum atomic E-state index is 13.5. The Labute approximate surface area is 114 Å². The Morgan fingerprint density at radius 2 is 2.11 bits per heavy atom. The van der Waals surface area contributed by atoms with Gasteiger partial charge in [-0.05, 0) is 31.2 Å². The number of piperidine rings is 1. The molecule has 2 aliphatic rings. The standard InChI is InChI=1S/C13H13ClF2N2O/c14-8-4-11(10(16)5-9(8)15)18-13(19)12-6-1-2-7(3-6)17-12/h4-7,12,17H,1-3H2,(H,18,19)/t6-,7+,12-/m0/s1. The van der Waals surface area contributed by atoms with Crippen LogP contribution in [0.15, 0.2) is 12.1 Å². The van der Waals surface area contributed by atoms with Gasteiger partial charge in [-0.3, -0.25) is 4.79 Å². The maximum Gasteiger partial charge on any atom is 0.241 e. The zero-order chi connectivity index (χ0) is 13.6. The number of fused-ring (bicyclic) bond motifs is 2. The first-order chi connectivity index (χ1) is 9.04. The average molecular weight is 287 g/mol. The Kier molecular flexibility index (Phi) is 3.19. The minimum atomic E-state index is -0.838. The summed E-state index contributed by atoms with van der Waals surface area (Å²) in [7, 11) is 0. The van der Waals surface area contributed by atoms with Gasteiger partial charge in [-0.15, -0.1) is 0 Å². The average Bonchev–Trinajstić information content (AvgIpc) is 2.98. The summed E-state index contributed by atoms with van der Waals surface area (Å²) in [4.78, 5) is 12.1. The molecule has 102 valence electrons. The summed E-state index contributed by atoms with van der Waals surface area (Å²) < 4.78 is 26.6. The third-order valence-corrected chi connectivity index (χ3v) is 4.20. The van der Waals surface area contributed by atoms with E-state index < -0.39 is 11.6 Å². The van der Waals surface area contributed by atoms with Gasteiger partial charge in [0, 0.05) is 12.1 Å². The molecular weight excluding hydrogens is 274 g/mol. The van der Waals surface area contributed by atoms with Crippen molar-refractivity contribution in [3.8, 4) is 0 Å². The number of halogens is 3. The normalized spacial score (nSPS) is 28.7. The maximum absolute atomic E-state index is 13.5. The fourth-order valence-corrected chi connectivity index (χ4v) is 3.14. The number of carbonyl (C=O) groups is 1. The minimum Gasteiger partial charge on any atom is -0.322 e. The number of amides is 1. The highest BCUT2D eigenvalue weighted by molar-refractivity contribution is 6.31. The molecule has 1 aromatic carbocycles. The number of rotatable bonds is 2. The highest BCUT2D eigenvalue weighted by atomic mass is 35.5. The zero-order valence-electron chi connectivity index (χ0n) is 10.1. The topological polar surface area (TPSA) is 41.1 Å². The number of carbonyl (C=O) groups excluding carboxylic acids is 1. The van der Waals surface area contributed by atoms with Crippen LogP contribution < -0.4 is 10.6 Å². The van der Waals surface area contributed by atoms with E-state index in [1.54, 1.807) is 0 Å². The van der Waals surface area contributed by atoms with Crippen LogP contribution in [0.2, 0.25) is 5.02 Å². The quantitative estimate of drug-likeness (QED) is 0.821. The van der Waals surface area contributed by atoms with Crippen LogP contribution >= 0.6 is 11.6 Å². The van der Waals surface area contributed by atoms with Crippen molar-refractivity contribution in [2.24, 2.45) is 5.92 Å². The second-order valence-corrected chi connectivity index (χ2v) is 5.56. The molecule has 0 radical (unpaired) electrons. The molecule has 2 fully saturated rings. The molecule has 1 amide bonds. The molecule has 3 atom stereocenters. The van der Waals surface area contributed by atoms with Crippen LogP contribution in [0.3, 0.4) is 0 Å². The van der Waals surface area contributed by atoms with Gasteiger partial charge in [0.05, 0.1) is 16.8 Å². The molecule has 1 aliphatic carbocycles. The SMILES string of the molecule is O=C(Nc1cc(Cl)c(F)cc1F)[C@H]1N[C@@H]2CC[C@H]1C2. The van der Waals surface area contributed by atoms with Crippen molar-refractivity contribution in [3.63, 3.8) is 0 Å². The second kappa shape index (κ2) is 4.72. The second-order valence-electron chi connectivity index (χ2n) is 5.15. The van der Waals surface area contributed by atoms with Gasteiger partial charge in [0.1, 0.15) is 11.6 Å². The molecular formula is C13H13ClF2N2O. The lowest BCUT2D eigenvalue weighted by Crippen LogP contribution is -2.44. The number of hydrogen-bond donors (Lipinski definition) is 2. The zero-order valence-corrected chi connectivity index (χ0v) is 10.8. The van der Waals surface area contributed by atoms with E-state index in [2.05, 4.69) is 10.6 Å². The first kappa shape index (κ1) is 12.8. The monoisotopic (exact) mass is 286 g/mol. The fourth-order valence-electron chi connectivity index (χ4n) is 2.98. The molecule has 3 rings (SSSR count). The Morgan fingerprint density at radius 1 is 1.32 bits per heavy atom. The Bertz CT molecular complexity index is 538. The summed E-state index contributed by atoms with van der Waals surface area (Å²) in [5, 5.41) is 5.48. The van der Waals surface area contributed by atoms with Crippen molar-refractivity contribution in [2.45, 2.75) is 31.3 Å². The molecule has 2 bridgehead atoms. The van der Waals surface area contributed by atoms with Crippen molar-refractivity contribution in [1.82, 2.24) is 5.32 Å². The third-order valence-electron chi connectivity index (χ3n) is 3.91. The van der Waals surface area contributed by atoms with Gasteiger partial charge in [0.2, 0.25) is 5.91 Å². The van der Waals surface area contributed by atoms with Crippen LogP contribution in [0.1, 0.15) is 19.3 Å². The predicted molar refractivity (Wildman–Crippen MR) is 68.1 cm³/mol. The van der Waals surface area contributed by atoms with E-state index >= 15 is 0 Å². The van der Waals surface area contributed by atoms with Crippen LogP contribution in [0.4, 0.5) is 14.5 Å². The highest BCUT2D eigenvalue weighted by Gasteiger charge is 2.42. The predicted octanol–water partition coefficient (Wildman–Crippen LogP) is 2.70. The van der Waals surface area contributed by atoms with E-state index in [9.17, 15) is 13.6 Å². The van der Waals surface area contributed by atoms with Crippen LogP contribution in [-0.2, 0) is 4.79 Å². The van der Waals surface area contributed by atoms with Gasteiger partial charge >= 0.3 is 0 Å². The molecule has 2 N–H and O–H groups in total. The third kappa shape index (κ3) is 2.32. The number of anilines is 1. The minimum absolute atomic E-state index is 0.0824. The summed E-state index contributed by atoms with van der Waals surface area (Å²) in [6.45, 7) is 0. The first-order valence-corrected chi connectivity index (χ1v) is 6.64. The Hall–Kier alpha value is -1.20. The van der Waals surface area contributed by atoms with Gasteiger partial charge in [0.15, 0.2) is 0 Å². The molecule has 1 aromatic rings. The lowest BCUT2D eigenvalue weighted by Gasteiger charge is -2.22. The Balaban J connectivity index is 1.75. The number of hydrogen-bond acceptors (Lipinski definition) is 2. The van der Waals surface area contributed by atoms with Crippen molar-refractivity contribution in [1.29, 1.82) is 0 Å². The molecule has 0 unspecified atom stereocenters. The van der Waals surface area contributed by atoms with Crippen molar-refractivity contribution >= 4 is 23.2 Å². The van der Waals surface area contributed by atoms with Crippen molar-refractivity contribution in [3.05, 3.63) is 28.8 Å². The molecule has 0 spiro atoms. The van der Waals surface area contributed by atoms with Gasteiger partial charge < -0.3 is 10.6 Å². The molecule has 6 heteroatoms. The molecule has 1 saturated carbocycles. The Morgan fingerprint density at radius 3 is 2.74 bits per heavy atom. The fraction of sp³-hybridized carbons (Fsp3) is 0.462. The highest BCUT2D eigenvalue weighted by Crippen LogP contribution is 2.35. The van der Waals surface area contributed by atoms with Gasteiger partial charge in [-0.2, -0.15) is 0 Å². The summed E-state index contributed by atoms with van der Waals surface area (Å²) in [6, 6.07) is 1.87. The van der Waals surface area contributed by atoms with E-state index in [0.29, 0.717) is 18.0 Å². The van der Waals surface area contributed by atoms with Crippen LogP contribution in [0, 0.1) is 17.6 Å². The molecule has 3 nitrogen and oxygen atoms in total. The van der Waals surface area contributed by atoms with Crippen molar-refractivity contribution < 1.29 is 13.6 Å². The summed E-state index contributed by atoms with van der Waals surface area (Å²) in [5.41, 5.74) is -0.0824. The lowest BCUT2D eigenvalue weighted by atomic mass is 9.99. The smallest absolute Gasteiger partial charge is 0.241 e. The van der Waals surface area contributed by atoms with Gasteiger partial charge in [-0.1, -0.05) is 11.6 Å². The molecule has 1 heterocycles. The van der Waals surface area contributed by atoms with Gasteiger partial charge in [-0.25, -0.2) is 8.78 Å². The van der Waals surface area contributed by atoms with E-state index in [-0.39, 0.29) is 22.7 Å². The van der Waals surface area contributed by atoms with E-state index in [0.717, 1.165) is 25.3 Å². The summed E-state index contributed by atoms with van der Waals surface area (Å²) in [5.74, 6) is -1.63. The molecule has 1 saturated heterocycles. The van der Waals surface area contributed by atoms with E-state index in [4.69, 9.17) is 11.6 Å². The summed E-state index contributed by atoms with van der Waals surface area (Å²) >= 11 is 5.58. The summed E-state index contributed by atoms with van der Waals surface area (Å²) in [6.07, 6.45) is 3.10. The lowest BCUT2D eigenvalue weighted by molar-refractivity contribution is -0.119. The van der Waals surface area contributed by atoms with E-state index in [1.165, 1.54) is 0 Å². The van der Waals surface area contributed by atoms with Gasteiger partial charge in [0.25, 0.3) is 0 Å². The van der Waals surface area contributed by atoms with Crippen LogP contribution in [0.5, 0.6) is 0 Å². The first-order valence-electron chi connectivity index (χ1n) is 6.26. The van der Waals surface area contributed by atoms with Crippen molar-refractivity contribution in [2.75, 3.05) is 5.32 Å². The molecule has 1 aliphatic heterocycles. The molecule has 0 aromatic heterocycles.